The molecular formula is C8H12N2O2. The Morgan fingerprint density at radius 3 is 2.67 bits per heavy atom. The Kier molecular flexibility index (Phi) is 2.19. The van der Waals surface area contributed by atoms with E-state index in [1.165, 1.54) is 6.07 Å². The number of pyridine rings is 1. The maximum atomic E-state index is 11.0. The van der Waals surface area contributed by atoms with Crippen molar-refractivity contribution in [1.82, 2.24) is 4.68 Å². The third-order valence-electron chi connectivity index (χ3n) is 1.87. The third kappa shape index (κ3) is 1.33. The van der Waals surface area contributed by atoms with E-state index in [1.807, 2.05) is 0 Å². The summed E-state index contributed by atoms with van der Waals surface area (Å²) in [6.45, 7) is 3.33. The van der Waals surface area contributed by atoms with Crippen molar-refractivity contribution in [1.29, 1.82) is 0 Å². The fraction of sp³-hybridized carbons (Fsp3) is 0.375. The summed E-state index contributed by atoms with van der Waals surface area (Å²) < 4.78 is 1.03. The summed E-state index contributed by atoms with van der Waals surface area (Å²) in [6, 6.07) is 2.93. The zero-order chi connectivity index (χ0) is 9.30. The second-order valence-electron chi connectivity index (χ2n) is 2.76. The molecule has 0 radical (unpaired) electrons. The molecular weight excluding hydrogens is 156 g/mol. The predicted octanol–water partition coefficient (Wildman–Crippen LogP) is -0.0762. The summed E-state index contributed by atoms with van der Waals surface area (Å²) in [7, 11) is 0. The van der Waals surface area contributed by atoms with Crippen LogP contribution in [-0.2, 0) is 0 Å². The summed E-state index contributed by atoms with van der Waals surface area (Å²) in [6.07, 6.45) is -0.597. The maximum absolute atomic E-state index is 11.0. The van der Waals surface area contributed by atoms with Gasteiger partial charge < -0.3 is 10.9 Å². The molecule has 0 aliphatic carbocycles. The van der Waals surface area contributed by atoms with E-state index < -0.39 is 6.10 Å². The molecule has 66 valence electrons. The van der Waals surface area contributed by atoms with E-state index in [1.54, 1.807) is 19.9 Å². The molecule has 1 rings (SSSR count). The topological polar surface area (TPSA) is 68.2 Å². The van der Waals surface area contributed by atoms with Gasteiger partial charge in [-0.3, -0.25) is 4.79 Å². The first-order valence-electron chi connectivity index (χ1n) is 3.69. The van der Waals surface area contributed by atoms with E-state index >= 15 is 0 Å². The van der Waals surface area contributed by atoms with Crippen LogP contribution in [0, 0.1) is 6.92 Å². The van der Waals surface area contributed by atoms with Gasteiger partial charge in [-0.1, -0.05) is 0 Å². The molecule has 4 heteroatoms. The molecule has 1 aromatic rings. The van der Waals surface area contributed by atoms with Crippen LogP contribution < -0.4 is 11.4 Å². The molecule has 0 saturated carbocycles. The van der Waals surface area contributed by atoms with Crippen LogP contribution in [0.2, 0.25) is 0 Å². The van der Waals surface area contributed by atoms with Crippen LogP contribution in [-0.4, -0.2) is 9.78 Å². The van der Waals surface area contributed by atoms with Crippen LogP contribution in [0.5, 0.6) is 0 Å². The summed E-state index contributed by atoms with van der Waals surface area (Å²) in [5.74, 6) is 5.41. The number of nitrogens with zero attached hydrogens (tertiary/aromatic N) is 1. The molecule has 0 spiro atoms. The predicted molar refractivity (Wildman–Crippen MR) is 46.2 cm³/mol. The van der Waals surface area contributed by atoms with Crippen molar-refractivity contribution < 1.29 is 5.11 Å². The lowest BCUT2D eigenvalue weighted by Crippen LogP contribution is -2.29. The van der Waals surface area contributed by atoms with Crippen molar-refractivity contribution in [2.24, 2.45) is 0 Å². The lowest BCUT2D eigenvalue weighted by molar-refractivity contribution is 0.197. The zero-order valence-electron chi connectivity index (χ0n) is 7.11. The Hall–Kier alpha value is -1.29. The van der Waals surface area contributed by atoms with Crippen molar-refractivity contribution in [2.45, 2.75) is 20.0 Å². The van der Waals surface area contributed by atoms with E-state index in [-0.39, 0.29) is 5.56 Å². The molecule has 1 unspecified atom stereocenters. The van der Waals surface area contributed by atoms with Crippen LogP contribution in [0.4, 0.5) is 0 Å². The molecule has 0 saturated heterocycles. The van der Waals surface area contributed by atoms with Gasteiger partial charge in [0.15, 0.2) is 0 Å². The fourth-order valence-corrected chi connectivity index (χ4v) is 1.11. The Balaban J connectivity index is 3.36. The minimum atomic E-state index is -0.597. The molecule has 0 aromatic carbocycles. The van der Waals surface area contributed by atoms with Gasteiger partial charge in [0, 0.05) is 17.3 Å². The second kappa shape index (κ2) is 2.98. The highest BCUT2D eigenvalue weighted by molar-refractivity contribution is 5.21. The summed E-state index contributed by atoms with van der Waals surface area (Å²) in [5, 5.41) is 9.25. The highest BCUT2D eigenvalue weighted by atomic mass is 16.3. The van der Waals surface area contributed by atoms with Crippen LogP contribution in [0.1, 0.15) is 24.3 Å². The van der Waals surface area contributed by atoms with Gasteiger partial charge in [-0.25, -0.2) is 4.68 Å². The number of hydrogen-bond acceptors (Lipinski definition) is 3. The van der Waals surface area contributed by atoms with Crippen molar-refractivity contribution in [2.75, 3.05) is 5.84 Å². The molecule has 4 nitrogen and oxygen atoms in total. The first-order chi connectivity index (χ1) is 5.54. The zero-order valence-corrected chi connectivity index (χ0v) is 7.11. The van der Waals surface area contributed by atoms with E-state index in [9.17, 15) is 9.90 Å². The average molecular weight is 168 g/mol. The van der Waals surface area contributed by atoms with Crippen LogP contribution in [0.3, 0.4) is 0 Å². The number of hydrogen-bond donors (Lipinski definition) is 2. The normalized spacial score (nSPS) is 12.9. The van der Waals surface area contributed by atoms with Gasteiger partial charge in [-0.2, -0.15) is 0 Å². The Morgan fingerprint density at radius 2 is 2.17 bits per heavy atom. The van der Waals surface area contributed by atoms with Gasteiger partial charge in [0.05, 0.1) is 6.10 Å². The first kappa shape index (κ1) is 8.80. The first-order valence-corrected chi connectivity index (χ1v) is 3.69. The largest absolute Gasteiger partial charge is 0.389 e. The quantitative estimate of drug-likeness (QED) is 0.576. The Labute approximate surface area is 70.2 Å². The number of aromatic nitrogens is 1. The van der Waals surface area contributed by atoms with Gasteiger partial charge >= 0.3 is 0 Å². The van der Waals surface area contributed by atoms with Crippen LogP contribution in [0.25, 0.3) is 0 Å². The van der Waals surface area contributed by atoms with Crippen LogP contribution in [0.15, 0.2) is 16.9 Å². The number of aliphatic hydroxyl groups excluding tert-OH is 1. The van der Waals surface area contributed by atoms with Crippen molar-refractivity contribution >= 4 is 0 Å². The molecule has 0 amide bonds. The van der Waals surface area contributed by atoms with Gasteiger partial charge in [0.25, 0.3) is 5.56 Å². The van der Waals surface area contributed by atoms with Crippen molar-refractivity contribution in [3.63, 3.8) is 0 Å². The van der Waals surface area contributed by atoms with Gasteiger partial charge in [-0.15, -0.1) is 0 Å². The molecule has 0 aliphatic rings. The van der Waals surface area contributed by atoms with Gasteiger partial charge in [-0.05, 0) is 19.9 Å². The smallest absolute Gasteiger partial charge is 0.268 e. The molecule has 12 heavy (non-hydrogen) atoms. The van der Waals surface area contributed by atoms with E-state index in [0.29, 0.717) is 11.3 Å². The highest BCUT2D eigenvalue weighted by Crippen LogP contribution is 2.13. The number of nitrogen functional groups attached to an aromatic ring is 1. The molecule has 1 heterocycles. The van der Waals surface area contributed by atoms with E-state index in [2.05, 4.69) is 0 Å². The third-order valence-corrected chi connectivity index (χ3v) is 1.87. The SMILES string of the molecule is Cc1c(C(C)O)ccc(=O)n1N. The van der Waals surface area contributed by atoms with Crippen LogP contribution >= 0.6 is 0 Å². The van der Waals surface area contributed by atoms with Crippen molar-refractivity contribution in [3.8, 4) is 0 Å². The monoisotopic (exact) mass is 168 g/mol. The molecule has 0 fully saturated rings. The average Bonchev–Trinajstić information content (AvgIpc) is 2.00. The maximum Gasteiger partial charge on any atom is 0.268 e. The lowest BCUT2D eigenvalue weighted by Gasteiger charge is -2.10. The number of rotatable bonds is 1. The lowest BCUT2D eigenvalue weighted by atomic mass is 10.1. The highest BCUT2D eigenvalue weighted by Gasteiger charge is 2.07. The minimum absolute atomic E-state index is 0.267. The van der Waals surface area contributed by atoms with Crippen molar-refractivity contribution in [3.05, 3.63) is 33.7 Å². The fourth-order valence-electron chi connectivity index (χ4n) is 1.11. The minimum Gasteiger partial charge on any atom is -0.389 e. The standard InChI is InChI=1S/C8H12N2O2/c1-5-7(6(2)11)3-4-8(12)10(5)9/h3-4,6,11H,9H2,1-2H3. The van der Waals surface area contributed by atoms with E-state index in [4.69, 9.17) is 5.84 Å². The summed E-state index contributed by atoms with van der Waals surface area (Å²) in [5.41, 5.74) is 1.01. The Morgan fingerprint density at radius 1 is 1.58 bits per heavy atom. The second-order valence-corrected chi connectivity index (χ2v) is 2.76. The summed E-state index contributed by atoms with van der Waals surface area (Å²) in [4.78, 5) is 11.0. The molecule has 0 aliphatic heterocycles. The van der Waals surface area contributed by atoms with E-state index in [0.717, 1.165) is 4.68 Å². The summed E-state index contributed by atoms with van der Waals surface area (Å²) >= 11 is 0. The number of aliphatic hydroxyl groups is 1. The molecule has 1 atom stereocenters. The molecule has 3 N–H and O–H groups in total. The molecule has 0 bridgehead atoms. The molecule has 1 aromatic heterocycles. The van der Waals surface area contributed by atoms with Gasteiger partial charge in [0.2, 0.25) is 0 Å². The van der Waals surface area contributed by atoms with Gasteiger partial charge in [0.1, 0.15) is 0 Å². The Bertz CT molecular complexity index is 341. The number of nitrogens with two attached hydrogens (primary N) is 1.